The number of fused-ring (bicyclic) bond motifs is 6. The van der Waals surface area contributed by atoms with Crippen LogP contribution in [0.2, 0.25) is 0 Å². The van der Waals surface area contributed by atoms with E-state index in [1.54, 1.807) is 0 Å². The molecule has 7 aliphatic carbocycles. The summed E-state index contributed by atoms with van der Waals surface area (Å²) in [6.07, 6.45) is 18.7. The third-order valence-electron chi connectivity index (χ3n) is 8.16. The summed E-state index contributed by atoms with van der Waals surface area (Å²) in [6.45, 7) is 0. The van der Waals surface area contributed by atoms with Gasteiger partial charge in [0, 0.05) is 11.8 Å². The fraction of sp³-hybridized carbons (Fsp3) is 0.667. The zero-order chi connectivity index (χ0) is 14.5. The second-order valence-corrected chi connectivity index (χ2v) is 8.74. The molecule has 7 rings (SSSR count). The topological polar surface area (TPSA) is 17.1 Å². The summed E-state index contributed by atoms with van der Waals surface area (Å²) in [5, 5.41) is 0. The maximum Gasteiger partial charge on any atom is 0.162 e. The highest BCUT2D eigenvalue weighted by Crippen LogP contribution is 2.73. The van der Waals surface area contributed by atoms with Gasteiger partial charge < -0.3 is 0 Å². The Morgan fingerprint density at radius 1 is 1.00 bits per heavy atom. The van der Waals surface area contributed by atoms with Crippen molar-refractivity contribution in [2.45, 2.75) is 44.9 Å². The van der Waals surface area contributed by atoms with E-state index < -0.39 is 0 Å². The molecule has 1 spiro atoms. The quantitative estimate of drug-likeness (QED) is 0.602. The zero-order valence-electron chi connectivity index (χ0n) is 13.1. The van der Waals surface area contributed by atoms with Crippen molar-refractivity contribution < 1.29 is 4.79 Å². The van der Waals surface area contributed by atoms with Crippen LogP contribution in [0.15, 0.2) is 35.5 Å². The van der Waals surface area contributed by atoms with Crippen LogP contribution in [0.25, 0.3) is 0 Å². The van der Waals surface area contributed by atoms with E-state index in [1.807, 2.05) is 17.2 Å². The van der Waals surface area contributed by atoms with Crippen LogP contribution in [0.1, 0.15) is 44.9 Å². The van der Waals surface area contributed by atoms with Crippen molar-refractivity contribution in [2.75, 3.05) is 0 Å². The predicted molar refractivity (Wildman–Crippen MR) is 86.0 cm³/mol. The first kappa shape index (κ1) is 12.3. The number of carbonyl (C=O) groups is 1. The lowest BCUT2D eigenvalue weighted by molar-refractivity contribution is -0.120. The Bertz CT molecular complexity index is 657. The van der Waals surface area contributed by atoms with Gasteiger partial charge in [-0.1, -0.05) is 42.2 Å². The van der Waals surface area contributed by atoms with E-state index in [2.05, 4.69) is 18.2 Å². The third-order valence-corrected chi connectivity index (χ3v) is 8.16. The van der Waals surface area contributed by atoms with Crippen LogP contribution in [0.3, 0.4) is 0 Å². The summed E-state index contributed by atoms with van der Waals surface area (Å²) >= 11 is 0. The fourth-order valence-corrected chi connectivity index (χ4v) is 7.73. The highest BCUT2D eigenvalue weighted by molar-refractivity contribution is 5.94. The highest BCUT2D eigenvalue weighted by Gasteiger charge is 2.64. The lowest BCUT2D eigenvalue weighted by Crippen LogP contribution is -2.41. The molecule has 0 aromatic rings. The Morgan fingerprint density at radius 2 is 1.82 bits per heavy atom. The van der Waals surface area contributed by atoms with Crippen molar-refractivity contribution in [1.29, 1.82) is 0 Å². The van der Waals surface area contributed by atoms with E-state index in [4.69, 9.17) is 0 Å². The summed E-state index contributed by atoms with van der Waals surface area (Å²) in [6, 6.07) is 0. The van der Waals surface area contributed by atoms with Gasteiger partial charge in [0.25, 0.3) is 0 Å². The first-order valence-corrected chi connectivity index (χ1v) is 9.44. The van der Waals surface area contributed by atoms with E-state index >= 15 is 0 Å². The van der Waals surface area contributed by atoms with Crippen LogP contribution in [0, 0.1) is 40.9 Å². The molecule has 114 valence electrons. The molecule has 4 bridgehead atoms. The van der Waals surface area contributed by atoms with E-state index in [-0.39, 0.29) is 5.92 Å². The van der Waals surface area contributed by atoms with Gasteiger partial charge in [0.15, 0.2) is 5.78 Å². The van der Waals surface area contributed by atoms with Crippen molar-refractivity contribution in [3.63, 3.8) is 0 Å². The van der Waals surface area contributed by atoms with Gasteiger partial charge in [-0.2, -0.15) is 0 Å². The lowest BCUT2D eigenvalue weighted by Gasteiger charge is -2.44. The van der Waals surface area contributed by atoms with Gasteiger partial charge in [-0.05, 0) is 67.3 Å². The van der Waals surface area contributed by atoms with E-state index in [0.717, 1.165) is 11.8 Å². The maximum absolute atomic E-state index is 12.7. The van der Waals surface area contributed by atoms with Gasteiger partial charge in [-0.25, -0.2) is 0 Å². The molecule has 0 aromatic carbocycles. The molecule has 22 heavy (non-hydrogen) atoms. The summed E-state index contributed by atoms with van der Waals surface area (Å²) in [5.74, 6) is 4.15. The molecule has 0 aromatic heterocycles. The standard InChI is InChI=1S/C21H24O/c22-16-8-6-12-5-7-15(16)20-17(12)18-13-3-4-14(11-13)19(18)21(20)9-1-2-10-21/h5-8,12-15,17,20H,1-4,9-11H2/t12-,13+,14+,15-,17+,20-/m1/s1. The van der Waals surface area contributed by atoms with Gasteiger partial charge in [-0.3, -0.25) is 4.79 Å². The molecule has 0 saturated heterocycles. The SMILES string of the molecule is O=C1C=C[C@H]2C=C[C@H]1[C@@H]1[C@@H]2C2=C([C@H]3CC[C@H]2C3)C12CCCC2. The Balaban J connectivity index is 1.61. The van der Waals surface area contributed by atoms with Crippen LogP contribution in [-0.2, 0) is 4.79 Å². The molecule has 2 fully saturated rings. The Kier molecular flexibility index (Phi) is 2.16. The molecule has 1 nitrogen and oxygen atoms in total. The van der Waals surface area contributed by atoms with Gasteiger partial charge >= 0.3 is 0 Å². The Morgan fingerprint density at radius 3 is 2.68 bits per heavy atom. The molecule has 0 unspecified atom stereocenters. The maximum atomic E-state index is 12.7. The molecule has 0 N–H and O–H groups in total. The van der Waals surface area contributed by atoms with E-state index in [9.17, 15) is 4.79 Å². The average Bonchev–Trinajstić information content (AvgIpc) is 3.27. The van der Waals surface area contributed by atoms with Crippen molar-refractivity contribution in [3.8, 4) is 0 Å². The number of carbonyl (C=O) groups excluding carboxylic acids is 1. The normalized spacial score (nSPS) is 49.4. The smallest absolute Gasteiger partial charge is 0.162 e. The first-order chi connectivity index (χ1) is 10.8. The van der Waals surface area contributed by atoms with Crippen LogP contribution in [0.4, 0.5) is 0 Å². The number of allylic oxidation sites excluding steroid dienone is 6. The summed E-state index contributed by atoms with van der Waals surface area (Å²) in [5.41, 5.74) is 4.22. The molecule has 1 heteroatoms. The minimum atomic E-state index is 0.183. The van der Waals surface area contributed by atoms with E-state index in [1.165, 1.54) is 44.9 Å². The second-order valence-electron chi connectivity index (χ2n) is 8.74. The average molecular weight is 292 g/mol. The summed E-state index contributed by atoms with van der Waals surface area (Å²) in [7, 11) is 0. The number of hydrogen-bond acceptors (Lipinski definition) is 1. The first-order valence-electron chi connectivity index (χ1n) is 9.44. The number of rotatable bonds is 0. The molecule has 2 saturated carbocycles. The second kappa shape index (κ2) is 3.86. The lowest BCUT2D eigenvalue weighted by atomic mass is 9.59. The van der Waals surface area contributed by atoms with Crippen LogP contribution >= 0.6 is 0 Å². The largest absolute Gasteiger partial charge is 0.294 e. The molecular weight excluding hydrogens is 268 g/mol. The minimum Gasteiger partial charge on any atom is -0.294 e. The van der Waals surface area contributed by atoms with Crippen molar-refractivity contribution in [2.24, 2.45) is 40.9 Å². The van der Waals surface area contributed by atoms with Crippen LogP contribution in [-0.4, -0.2) is 5.78 Å². The van der Waals surface area contributed by atoms with E-state index in [0.29, 0.717) is 29.0 Å². The van der Waals surface area contributed by atoms with Crippen LogP contribution in [0.5, 0.6) is 0 Å². The molecule has 0 heterocycles. The summed E-state index contributed by atoms with van der Waals surface area (Å²) in [4.78, 5) is 12.7. The number of ketones is 1. The monoisotopic (exact) mass is 292 g/mol. The highest BCUT2D eigenvalue weighted by atomic mass is 16.1. The van der Waals surface area contributed by atoms with Crippen LogP contribution < -0.4 is 0 Å². The van der Waals surface area contributed by atoms with Gasteiger partial charge in [-0.15, -0.1) is 0 Å². The molecule has 0 amide bonds. The number of hydrogen-bond donors (Lipinski definition) is 0. The predicted octanol–water partition coefficient (Wildman–Crippen LogP) is 4.46. The fourth-order valence-electron chi connectivity index (χ4n) is 7.73. The van der Waals surface area contributed by atoms with Gasteiger partial charge in [0.1, 0.15) is 0 Å². The van der Waals surface area contributed by atoms with Gasteiger partial charge in [0.05, 0.1) is 0 Å². The molecule has 6 atom stereocenters. The molecule has 0 aliphatic heterocycles. The third kappa shape index (κ3) is 1.20. The molecule has 0 radical (unpaired) electrons. The van der Waals surface area contributed by atoms with Crippen molar-refractivity contribution in [1.82, 2.24) is 0 Å². The minimum absolute atomic E-state index is 0.183. The Labute approximate surface area is 132 Å². The Hall–Kier alpha value is -1.11. The molecule has 7 aliphatic rings. The molecular formula is C21H24O. The summed E-state index contributed by atoms with van der Waals surface area (Å²) < 4.78 is 0. The van der Waals surface area contributed by atoms with Crippen molar-refractivity contribution >= 4 is 5.78 Å². The zero-order valence-corrected chi connectivity index (χ0v) is 13.1. The van der Waals surface area contributed by atoms with Gasteiger partial charge in [0.2, 0.25) is 0 Å². The van der Waals surface area contributed by atoms with Crippen molar-refractivity contribution in [3.05, 3.63) is 35.5 Å².